The minimum Gasteiger partial charge on any atom is -0.351 e. The molecule has 2 amide bonds. The van der Waals surface area contributed by atoms with E-state index in [1.807, 2.05) is 20.8 Å². The lowest BCUT2D eigenvalue weighted by Crippen LogP contribution is -2.60. The zero-order chi connectivity index (χ0) is 18.1. The van der Waals surface area contributed by atoms with Gasteiger partial charge in [-0.05, 0) is 24.0 Å². The van der Waals surface area contributed by atoms with Crippen molar-refractivity contribution < 1.29 is 22.8 Å². The van der Waals surface area contributed by atoms with Crippen LogP contribution in [0.5, 0.6) is 0 Å². The fourth-order valence-electron chi connectivity index (χ4n) is 2.75. The highest BCUT2D eigenvalue weighted by molar-refractivity contribution is 5.94. The Hall–Kier alpha value is -2.12. The van der Waals surface area contributed by atoms with Gasteiger partial charge in [-0.25, -0.2) is 0 Å². The lowest BCUT2D eigenvalue weighted by atomic mass is 9.78. The van der Waals surface area contributed by atoms with Crippen molar-refractivity contribution in [1.29, 1.82) is 0 Å². The van der Waals surface area contributed by atoms with E-state index in [4.69, 9.17) is 0 Å². The molecule has 1 saturated heterocycles. The van der Waals surface area contributed by atoms with Gasteiger partial charge in [0.15, 0.2) is 0 Å². The van der Waals surface area contributed by atoms with Gasteiger partial charge in [-0.2, -0.15) is 13.2 Å². The van der Waals surface area contributed by atoms with Crippen LogP contribution < -0.4 is 10.6 Å². The summed E-state index contributed by atoms with van der Waals surface area (Å²) in [7, 11) is 0. The van der Waals surface area contributed by atoms with Crippen molar-refractivity contribution >= 4 is 11.8 Å². The maximum atomic E-state index is 12.7. The first-order valence-corrected chi connectivity index (χ1v) is 7.62. The van der Waals surface area contributed by atoms with Crippen molar-refractivity contribution in [2.45, 2.75) is 51.9 Å². The first-order valence-electron chi connectivity index (χ1n) is 7.62. The van der Waals surface area contributed by atoms with Crippen LogP contribution in [0.15, 0.2) is 18.3 Å². The number of nitrogens with one attached hydrogen (secondary N) is 2. The largest absolute Gasteiger partial charge is 0.433 e. The first kappa shape index (κ1) is 18.2. The molecule has 2 heterocycles. The number of hydrogen-bond donors (Lipinski definition) is 2. The summed E-state index contributed by atoms with van der Waals surface area (Å²) >= 11 is 0. The van der Waals surface area contributed by atoms with Crippen molar-refractivity contribution in [3.63, 3.8) is 0 Å². The molecule has 2 atom stereocenters. The van der Waals surface area contributed by atoms with E-state index in [0.29, 0.717) is 6.42 Å². The zero-order valence-corrected chi connectivity index (χ0v) is 13.7. The fraction of sp³-hybridized carbons (Fsp3) is 0.562. The lowest BCUT2D eigenvalue weighted by molar-refractivity contribution is -0.141. The Morgan fingerprint density at radius 1 is 1.33 bits per heavy atom. The van der Waals surface area contributed by atoms with Crippen molar-refractivity contribution in [3.8, 4) is 0 Å². The highest BCUT2D eigenvalue weighted by atomic mass is 19.4. The Balaban J connectivity index is 2.17. The number of aromatic nitrogens is 1. The summed E-state index contributed by atoms with van der Waals surface area (Å²) in [6.45, 7) is 5.78. The molecule has 132 valence electrons. The zero-order valence-electron chi connectivity index (χ0n) is 13.7. The quantitative estimate of drug-likeness (QED) is 0.867. The molecule has 0 bridgehead atoms. The minimum atomic E-state index is -4.61. The minimum absolute atomic E-state index is 0.0938. The summed E-state index contributed by atoms with van der Waals surface area (Å²) in [4.78, 5) is 27.2. The standard InChI is InChI=1S/C16H20F3N3O2/c1-15(2,3)13-10(4-5-12(23)22-13)21-14(24)9-6-7-20-11(8-9)16(17,18)19/h6-8,10,13H,4-5H2,1-3H3,(H,21,24)(H,22,23)/t10-,13-/m1/s1. The maximum Gasteiger partial charge on any atom is 0.433 e. The van der Waals surface area contributed by atoms with Gasteiger partial charge in [-0.15, -0.1) is 0 Å². The van der Waals surface area contributed by atoms with Gasteiger partial charge < -0.3 is 10.6 Å². The summed E-state index contributed by atoms with van der Waals surface area (Å²) in [6.07, 6.45) is -2.94. The monoisotopic (exact) mass is 343 g/mol. The molecular formula is C16H20F3N3O2. The molecule has 1 aliphatic heterocycles. The van der Waals surface area contributed by atoms with Gasteiger partial charge in [-0.1, -0.05) is 20.8 Å². The van der Waals surface area contributed by atoms with Gasteiger partial charge in [-0.3, -0.25) is 14.6 Å². The number of nitrogens with zero attached hydrogens (tertiary/aromatic N) is 1. The van der Waals surface area contributed by atoms with E-state index in [1.54, 1.807) is 0 Å². The smallest absolute Gasteiger partial charge is 0.351 e. The first-order chi connectivity index (χ1) is 11.0. The van der Waals surface area contributed by atoms with Gasteiger partial charge >= 0.3 is 6.18 Å². The van der Waals surface area contributed by atoms with Crippen LogP contribution in [0.25, 0.3) is 0 Å². The maximum absolute atomic E-state index is 12.7. The summed E-state index contributed by atoms with van der Waals surface area (Å²) < 4.78 is 38.1. The van der Waals surface area contributed by atoms with E-state index in [2.05, 4.69) is 15.6 Å². The number of alkyl halides is 3. The number of piperidine rings is 1. The Morgan fingerprint density at radius 2 is 2.00 bits per heavy atom. The molecule has 0 radical (unpaired) electrons. The van der Waals surface area contributed by atoms with Crippen LogP contribution in [-0.2, 0) is 11.0 Å². The van der Waals surface area contributed by atoms with E-state index < -0.39 is 17.8 Å². The van der Waals surface area contributed by atoms with Crippen molar-refractivity contribution in [1.82, 2.24) is 15.6 Å². The molecule has 1 aliphatic rings. The van der Waals surface area contributed by atoms with Gasteiger partial charge in [0.1, 0.15) is 5.69 Å². The van der Waals surface area contributed by atoms with Gasteiger partial charge in [0.05, 0.1) is 12.1 Å². The second kappa shape index (κ2) is 6.41. The molecule has 0 saturated carbocycles. The fourth-order valence-corrected chi connectivity index (χ4v) is 2.75. The molecule has 0 unspecified atom stereocenters. The van der Waals surface area contributed by atoms with Crippen molar-refractivity contribution in [3.05, 3.63) is 29.6 Å². The molecule has 5 nitrogen and oxygen atoms in total. The molecule has 0 aromatic carbocycles. The third-order valence-corrected chi connectivity index (χ3v) is 3.96. The number of halogens is 3. The van der Waals surface area contributed by atoms with E-state index in [9.17, 15) is 22.8 Å². The molecule has 1 aromatic heterocycles. The molecule has 8 heteroatoms. The van der Waals surface area contributed by atoms with E-state index in [1.165, 1.54) is 6.07 Å². The normalized spacial score (nSPS) is 22.0. The van der Waals surface area contributed by atoms with Crippen LogP contribution >= 0.6 is 0 Å². The second-order valence-corrected chi connectivity index (χ2v) is 6.96. The number of hydrogen-bond acceptors (Lipinski definition) is 3. The summed E-state index contributed by atoms with van der Waals surface area (Å²) in [5.41, 5.74) is -1.52. The van der Waals surface area contributed by atoms with Crippen LogP contribution in [-0.4, -0.2) is 28.9 Å². The van der Waals surface area contributed by atoms with Gasteiger partial charge in [0.2, 0.25) is 5.91 Å². The molecule has 1 aromatic rings. The molecule has 2 rings (SSSR count). The number of carbonyl (C=O) groups is 2. The van der Waals surface area contributed by atoms with Crippen LogP contribution in [0.3, 0.4) is 0 Å². The Morgan fingerprint density at radius 3 is 2.58 bits per heavy atom. The molecule has 1 fully saturated rings. The second-order valence-electron chi connectivity index (χ2n) is 6.96. The van der Waals surface area contributed by atoms with Crippen molar-refractivity contribution in [2.75, 3.05) is 0 Å². The average Bonchev–Trinajstić information content (AvgIpc) is 2.47. The SMILES string of the molecule is CC(C)(C)[C@@H]1NC(=O)CC[C@H]1NC(=O)c1ccnc(C(F)(F)F)c1. The Kier molecular flexibility index (Phi) is 4.87. The van der Waals surface area contributed by atoms with Gasteiger partial charge in [0, 0.05) is 18.2 Å². The number of pyridine rings is 1. The average molecular weight is 343 g/mol. The molecular weight excluding hydrogens is 323 g/mol. The third kappa shape index (κ3) is 4.24. The number of rotatable bonds is 2. The van der Waals surface area contributed by atoms with E-state index >= 15 is 0 Å². The Bertz CT molecular complexity index is 638. The van der Waals surface area contributed by atoms with E-state index in [-0.39, 0.29) is 35.4 Å². The predicted octanol–water partition coefficient (Wildman–Crippen LogP) is 2.52. The molecule has 24 heavy (non-hydrogen) atoms. The van der Waals surface area contributed by atoms with Crippen molar-refractivity contribution in [2.24, 2.45) is 5.41 Å². The summed E-state index contributed by atoms with van der Waals surface area (Å²) in [5, 5.41) is 5.60. The van der Waals surface area contributed by atoms with Crippen LogP contribution in [0.1, 0.15) is 49.7 Å². The number of carbonyl (C=O) groups excluding carboxylic acids is 2. The van der Waals surface area contributed by atoms with Gasteiger partial charge in [0.25, 0.3) is 5.91 Å². The van der Waals surface area contributed by atoms with Crippen LogP contribution in [0, 0.1) is 5.41 Å². The third-order valence-electron chi connectivity index (χ3n) is 3.96. The predicted molar refractivity (Wildman–Crippen MR) is 81.1 cm³/mol. The highest BCUT2D eigenvalue weighted by Gasteiger charge is 2.38. The Labute approximate surface area is 138 Å². The highest BCUT2D eigenvalue weighted by Crippen LogP contribution is 2.29. The molecule has 0 aliphatic carbocycles. The lowest BCUT2D eigenvalue weighted by Gasteiger charge is -2.41. The summed E-state index contributed by atoms with van der Waals surface area (Å²) in [5.74, 6) is -0.706. The van der Waals surface area contributed by atoms with Crippen LogP contribution in [0.2, 0.25) is 0 Å². The van der Waals surface area contributed by atoms with Crippen LogP contribution in [0.4, 0.5) is 13.2 Å². The topological polar surface area (TPSA) is 71.1 Å². The summed E-state index contributed by atoms with van der Waals surface area (Å²) in [6, 6.07) is 1.31. The number of amides is 2. The molecule has 2 N–H and O–H groups in total. The molecule has 0 spiro atoms. The van der Waals surface area contributed by atoms with E-state index in [0.717, 1.165) is 12.3 Å².